The summed E-state index contributed by atoms with van der Waals surface area (Å²) in [5.41, 5.74) is 0. The van der Waals surface area contributed by atoms with Crippen LogP contribution in [0.2, 0.25) is 0 Å². The van der Waals surface area contributed by atoms with E-state index < -0.39 is 0 Å². The fraction of sp³-hybridized carbons (Fsp3) is 0.941. The van der Waals surface area contributed by atoms with Gasteiger partial charge in [0.15, 0.2) is 0 Å². The molecule has 1 fully saturated rings. The van der Waals surface area contributed by atoms with Crippen molar-refractivity contribution < 1.29 is 4.79 Å². The van der Waals surface area contributed by atoms with E-state index in [1.807, 2.05) is 0 Å². The van der Waals surface area contributed by atoms with E-state index >= 15 is 0 Å². The first-order valence-corrected chi connectivity index (χ1v) is 8.68. The predicted molar refractivity (Wildman–Crippen MR) is 85.5 cm³/mol. The first kappa shape index (κ1) is 17.5. The second-order valence-corrected chi connectivity index (χ2v) is 6.28. The smallest absolute Gasteiger partial charge is 0.241 e. The number of amides is 1. The topological polar surface area (TPSA) is 32.3 Å². The van der Waals surface area contributed by atoms with Crippen molar-refractivity contribution in [3.05, 3.63) is 0 Å². The molecule has 0 aromatic rings. The average molecular weight is 282 g/mol. The number of carbonyl (C=O) groups is 1. The van der Waals surface area contributed by atoms with Gasteiger partial charge in [-0.25, -0.2) is 0 Å². The van der Waals surface area contributed by atoms with Gasteiger partial charge in [-0.1, -0.05) is 60.3 Å². The number of unbranched alkanes of at least 4 members (excludes halogenated alkanes) is 1. The van der Waals surface area contributed by atoms with Gasteiger partial charge in [0, 0.05) is 6.04 Å². The lowest BCUT2D eigenvalue weighted by Crippen LogP contribution is -2.44. The van der Waals surface area contributed by atoms with Crippen LogP contribution in [0.3, 0.4) is 0 Å². The van der Waals surface area contributed by atoms with Crippen LogP contribution >= 0.6 is 0 Å². The van der Waals surface area contributed by atoms with Gasteiger partial charge in [-0.15, -0.1) is 0 Å². The maximum atomic E-state index is 12.8. The van der Waals surface area contributed by atoms with Crippen LogP contribution in [0.4, 0.5) is 0 Å². The summed E-state index contributed by atoms with van der Waals surface area (Å²) in [6.45, 7) is 11.0. The highest BCUT2D eigenvalue weighted by atomic mass is 16.2. The van der Waals surface area contributed by atoms with Crippen LogP contribution in [0.5, 0.6) is 0 Å². The van der Waals surface area contributed by atoms with Gasteiger partial charge in [-0.3, -0.25) is 10.1 Å². The standard InChI is InChI=1S/C17H34N2O/c1-6-10-12-14(11-7-2)19-15(9-4)18-16(17(19)20)13(5)8-3/h13-16,18H,6-12H2,1-5H3. The minimum Gasteiger partial charge on any atom is -0.323 e. The maximum Gasteiger partial charge on any atom is 0.241 e. The molecule has 0 bridgehead atoms. The normalized spacial score (nSPS) is 26.1. The molecule has 3 heteroatoms. The molecule has 0 saturated carbocycles. The monoisotopic (exact) mass is 282 g/mol. The fourth-order valence-electron chi connectivity index (χ4n) is 3.26. The highest BCUT2D eigenvalue weighted by Gasteiger charge is 2.42. The minimum absolute atomic E-state index is 0.0333. The predicted octanol–water partition coefficient (Wildman–Crippen LogP) is 3.93. The van der Waals surface area contributed by atoms with E-state index in [0.717, 1.165) is 32.1 Å². The summed E-state index contributed by atoms with van der Waals surface area (Å²) >= 11 is 0. The molecule has 0 aliphatic carbocycles. The molecule has 20 heavy (non-hydrogen) atoms. The highest BCUT2D eigenvalue weighted by molar-refractivity contribution is 5.85. The van der Waals surface area contributed by atoms with Crippen molar-refractivity contribution >= 4 is 5.91 Å². The molecule has 1 heterocycles. The van der Waals surface area contributed by atoms with Crippen molar-refractivity contribution in [3.63, 3.8) is 0 Å². The number of nitrogens with zero attached hydrogens (tertiary/aromatic N) is 1. The molecular weight excluding hydrogens is 248 g/mol. The Bertz CT molecular complexity index is 293. The summed E-state index contributed by atoms with van der Waals surface area (Å²) < 4.78 is 0. The highest BCUT2D eigenvalue weighted by Crippen LogP contribution is 2.27. The van der Waals surface area contributed by atoms with E-state index in [1.165, 1.54) is 12.8 Å². The SMILES string of the molecule is CCCCC(CCC)N1C(=O)C(C(C)CC)NC1CC. The Balaban J connectivity index is 2.84. The van der Waals surface area contributed by atoms with Gasteiger partial charge in [0.05, 0.1) is 12.2 Å². The van der Waals surface area contributed by atoms with Crippen LogP contribution < -0.4 is 5.32 Å². The van der Waals surface area contributed by atoms with Gasteiger partial charge in [0.1, 0.15) is 0 Å². The van der Waals surface area contributed by atoms with Gasteiger partial charge >= 0.3 is 0 Å². The van der Waals surface area contributed by atoms with E-state index in [4.69, 9.17) is 0 Å². The van der Waals surface area contributed by atoms with E-state index in [0.29, 0.717) is 17.9 Å². The van der Waals surface area contributed by atoms with Crippen molar-refractivity contribution in [2.75, 3.05) is 0 Å². The number of carbonyl (C=O) groups excluding carboxylic acids is 1. The molecule has 1 aliphatic heterocycles. The fourth-order valence-corrected chi connectivity index (χ4v) is 3.26. The van der Waals surface area contributed by atoms with Crippen molar-refractivity contribution in [1.82, 2.24) is 10.2 Å². The second kappa shape index (κ2) is 8.66. The lowest BCUT2D eigenvalue weighted by molar-refractivity contribution is -0.133. The lowest BCUT2D eigenvalue weighted by atomic mass is 9.98. The van der Waals surface area contributed by atoms with E-state index in [9.17, 15) is 4.79 Å². The zero-order valence-electron chi connectivity index (χ0n) is 14.1. The van der Waals surface area contributed by atoms with E-state index in [-0.39, 0.29) is 12.2 Å². The molecule has 1 aliphatic rings. The zero-order chi connectivity index (χ0) is 15.1. The molecule has 1 saturated heterocycles. The number of hydrogen-bond acceptors (Lipinski definition) is 2. The Morgan fingerprint density at radius 3 is 2.35 bits per heavy atom. The molecule has 0 radical (unpaired) electrons. The van der Waals surface area contributed by atoms with Crippen molar-refractivity contribution in [2.24, 2.45) is 5.92 Å². The molecule has 1 rings (SSSR count). The third-order valence-corrected chi connectivity index (χ3v) is 4.73. The van der Waals surface area contributed by atoms with Crippen molar-refractivity contribution in [2.45, 2.75) is 97.8 Å². The quantitative estimate of drug-likeness (QED) is 0.695. The summed E-state index contributed by atoms with van der Waals surface area (Å²) in [6, 6.07) is 0.463. The molecule has 0 aromatic heterocycles. The summed E-state index contributed by atoms with van der Waals surface area (Å²) in [5, 5.41) is 3.58. The Morgan fingerprint density at radius 2 is 1.85 bits per heavy atom. The van der Waals surface area contributed by atoms with Crippen LogP contribution in [0.25, 0.3) is 0 Å². The van der Waals surface area contributed by atoms with Gasteiger partial charge in [0.2, 0.25) is 5.91 Å². The van der Waals surface area contributed by atoms with E-state index in [2.05, 4.69) is 44.8 Å². The van der Waals surface area contributed by atoms with Crippen LogP contribution in [0.1, 0.15) is 79.6 Å². The molecule has 1 N–H and O–H groups in total. The molecular formula is C17H34N2O. The van der Waals surface area contributed by atoms with Gasteiger partial charge in [-0.2, -0.15) is 0 Å². The third-order valence-electron chi connectivity index (χ3n) is 4.73. The van der Waals surface area contributed by atoms with Crippen LogP contribution in [-0.2, 0) is 4.79 Å². The summed E-state index contributed by atoms with van der Waals surface area (Å²) in [5.74, 6) is 0.774. The Kier molecular flexibility index (Phi) is 7.57. The minimum atomic E-state index is 0.0333. The lowest BCUT2D eigenvalue weighted by Gasteiger charge is -2.32. The maximum absolute atomic E-state index is 12.8. The summed E-state index contributed by atoms with van der Waals surface area (Å²) in [7, 11) is 0. The second-order valence-electron chi connectivity index (χ2n) is 6.28. The Morgan fingerprint density at radius 1 is 1.15 bits per heavy atom. The molecule has 3 nitrogen and oxygen atoms in total. The number of rotatable bonds is 9. The van der Waals surface area contributed by atoms with Crippen molar-refractivity contribution in [3.8, 4) is 0 Å². The molecule has 118 valence electrons. The summed E-state index contributed by atoms with van der Waals surface area (Å²) in [4.78, 5) is 15.0. The first-order valence-electron chi connectivity index (χ1n) is 8.68. The van der Waals surface area contributed by atoms with E-state index in [1.54, 1.807) is 0 Å². The average Bonchev–Trinajstić information content (AvgIpc) is 2.79. The molecule has 4 atom stereocenters. The largest absolute Gasteiger partial charge is 0.323 e. The molecule has 4 unspecified atom stereocenters. The van der Waals surface area contributed by atoms with Gasteiger partial charge in [0.25, 0.3) is 0 Å². The van der Waals surface area contributed by atoms with Crippen LogP contribution in [0, 0.1) is 5.92 Å². The Labute approximate surface area is 125 Å². The van der Waals surface area contributed by atoms with Crippen molar-refractivity contribution in [1.29, 1.82) is 0 Å². The van der Waals surface area contributed by atoms with Crippen LogP contribution in [-0.4, -0.2) is 29.1 Å². The van der Waals surface area contributed by atoms with Gasteiger partial charge in [-0.05, 0) is 25.2 Å². The molecule has 1 amide bonds. The zero-order valence-corrected chi connectivity index (χ0v) is 14.1. The number of hydrogen-bond donors (Lipinski definition) is 1. The molecule has 0 spiro atoms. The summed E-state index contributed by atoms with van der Waals surface area (Å²) in [6.07, 6.45) is 8.18. The third kappa shape index (κ3) is 3.97. The first-order chi connectivity index (χ1) is 9.60. The number of nitrogens with one attached hydrogen (secondary N) is 1. The van der Waals surface area contributed by atoms with Gasteiger partial charge < -0.3 is 4.90 Å². The van der Waals surface area contributed by atoms with Crippen LogP contribution in [0.15, 0.2) is 0 Å². The Hall–Kier alpha value is -0.570. The molecule has 0 aromatic carbocycles.